The Morgan fingerprint density at radius 1 is 1.30 bits per heavy atom. The largest absolute Gasteiger partial charge is 0.458 e. The molecule has 0 aromatic carbocycles. The first-order valence-corrected chi connectivity index (χ1v) is 12.6. The Labute approximate surface area is 201 Å². The lowest BCUT2D eigenvalue weighted by molar-refractivity contribution is -0.152. The Morgan fingerprint density at radius 2 is 2.03 bits per heavy atom. The van der Waals surface area contributed by atoms with Crippen molar-refractivity contribution >= 4 is 29.1 Å². The molecular weight excluding hydrogens is 440 g/mol. The standard InChI is InChI=1S/C27H35ClO5/c1-5-6-7-23(32)33-14-22(31)24-15(2)10-18-17-12-20(28)19-11-16(29)8-9-26(19,3)25(17)21(30)13-27(18,24)4/h8-9,11-12,15,17-18,21,24-25,30H,5-7,10,13-14H2,1-4H3/t15-,17+,18+,21+,24-,25-,26+,27+/m1/s1. The molecule has 0 radical (unpaired) electrons. The first-order chi connectivity index (χ1) is 15.5. The number of Topliss-reactive ketones (excluding diaryl/α,β-unsaturated/α-hetero) is 1. The summed E-state index contributed by atoms with van der Waals surface area (Å²) in [4.78, 5) is 37.3. The van der Waals surface area contributed by atoms with Gasteiger partial charge in [0.25, 0.3) is 0 Å². The van der Waals surface area contributed by atoms with E-state index in [1.54, 1.807) is 12.2 Å². The van der Waals surface area contributed by atoms with Crippen LogP contribution >= 0.6 is 11.6 Å². The van der Waals surface area contributed by atoms with Gasteiger partial charge in [0.2, 0.25) is 0 Å². The lowest BCUT2D eigenvalue weighted by Crippen LogP contribution is -2.55. The Kier molecular flexibility index (Phi) is 6.52. The molecule has 2 fully saturated rings. The molecule has 0 amide bonds. The van der Waals surface area contributed by atoms with E-state index in [9.17, 15) is 19.5 Å². The molecule has 2 saturated carbocycles. The normalized spacial score (nSPS) is 41.5. The Balaban J connectivity index is 1.62. The van der Waals surface area contributed by atoms with Gasteiger partial charge < -0.3 is 9.84 Å². The van der Waals surface area contributed by atoms with Crippen LogP contribution in [0.3, 0.4) is 0 Å². The number of hydrogen-bond acceptors (Lipinski definition) is 5. The Hall–Kier alpha value is -1.72. The molecule has 0 unspecified atom stereocenters. The van der Waals surface area contributed by atoms with Crippen LogP contribution in [0.15, 0.2) is 34.9 Å². The number of rotatable bonds is 6. The number of allylic oxidation sites excluding steroid dienone is 6. The van der Waals surface area contributed by atoms with Gasteiger partial charge in [-0.25, -0.2) is 0 Å². The molecule has 1 N–H and O–H groups in total. The van der Waals surface area contributed by atoms with Crippen LogP contribution in [-0.4, -0.2) is 35.4 Å². The minimum Gasteiger partial charge on any atom is -0.458 e. The number of hydrogen-bond donors (Lipinski definition) is 1. The summed E-state index contributed by atoms with van der Waals surface area (Å²) < 4.78 is 5.31. The molecule has 5 nitrogen and oxygen atoms in total. The molecule has 0 aromatic rings. The van der Waals surface area contributed by atoms with Crippen molar-refractivity contribution in [3.8, 4) is 0 Å². The third kappa shape index (κ3) is 3.95. The Bertz CT molecular complexity index is 948. The highest BCUT2D eigenvalue weighted by molar-refractivity contribution is 6.32. The van der Waals surface area contributed by atoms with Gasteiger partial charge in [-0.3, -0.25) is 14.4 Å². The van der Waals surface area contributed by atoms with Crippen LogP contribution in [0.4, 0.5) is 0 Å². The number of halogens is 1. The number of esters is 1. The van der Waals surface area contributed by atoms with E-state index in [4.69, 9.17) is 16.3 Å². The van der Waals surface area contributed by atoms with Gasteiger partial charge in [0.1, 0.15) is 6.61 Å². The quantitative estimate of drug-likeness (QED) is 0.560. The molecule has 4 rings (SSSR count). The zero-order chi connectivity index (χ0) is 24.1. The number of fused-ring (bicyclic) bond motifs is 5. The van der Waals surface area contributed by atoms with E-state index in [1.807, 2.05) is 19.1 Å². The topological polar surface area (TPSA) is 80.7 Å². The predicted molar refractivity (Wildman–Crippen MR) is 126 cm³/mol. The van der Waals surface area contributed by atoms with Crippen molar-refractivity contribution in [2.45, 2.75) is 65.9 Å². The summed E-state index contributed by atoms with van der Waals surface area (Å²) in [7, 11) is 0. The summed E-state index contributed by atoms with van der Waals surface area (Å²) >= 11 is 6.71. The molecule has 6 heteroatoms. The van der Waals surface area contributed by atoms with E-state index in [1.165, 1.54) is 0 Å². The number of aliphatic hydroxyl groups excluding tert-OH is 1. The molecule has 8 atom stereocenters. The van der Waals surface area contributed by atoms with Gasteiger partial charge in [-0.1, -0.05) is 57.9 Å². The lowest BCUT2D eigenvalue weighted by atomic mass is 9.48. The van der Waals surface area contributed by atoms with Crippen LogP contribution in [0.5, 0.6) is 0 Å². The molecule has 4 aliphatic carbocycles. The lowest BCUT2D eigenvalue weighted by Gasteiger charge is -2.57. The smallest absolute Gasteiger partial charge is 0.306 e. The predicted octanol–water partition coefficient (Wildman–Crippen LogP) is 4.77. The molecule has 0 aromatic heterocycles. The van der Waals surface area contributed by atoms with Gasteiger partial charge in [-0.05, 0) is 60.2 Å². The van der Waals surface area contributed by atoms with Crippen LogP contribution in [-0.2, 0) is 19.1 Å². The third-order valence-electron chi connectivity index (χ3n) is 8.90. The van der Waals surface area contributed by atoms with E-state index in [2.05, 4.69) is 20.8 Å². The van der Waals surface area contributed by atoms with Gasteiger partial charge in [-0.2, -0.15) is 0 Å². The molecule has 33 heavy (non-hydrogen) atoms. The molecule has 0 spiro atoms. The highest BCUT2D eigenvalue weighted by Crippen LogP contribution is 2.66. The number of ketones is 2. The van der Waals surface area contributed by atoms with E-state index in [-0.39, 0.29) is 53.7 Å². The van der Waals surface area contributed by atoms with Crippen molar-refractivity contribution in [2.75, 3.05) is 6.61 Å². The van der Waals surface area contributed by atoms with Crippen LogP contribution in [0, 0.1) is 40.4 Å². The van der Waals surface area contributed by atoms with E-state index >= 15 is 0 Å². The summed E-state index contributed by atoms with van der Waals surface area (Å²) in [5.74, 6) is -0.566. The second-order valence-electron chi connectivity index (χ2n) is 11.0. The van der Waals surface area contributed by atoms with Gasteiger partial charge in [0.05, 0.1) is 6.10 Å². The average molecular weight is 475 g/mol. The van der Waals surface area contributed by atoms with Crippen LogP contribution in [0.2, 0.25) is 0 Å². The first-order valence-electron chi connectivity index (χ1n) is 12.2. The summed E-state index contributed by atoms with van der Waals surface area (Å²) in [5.41, 5.74) is -0.157. The molecule has 180 valence electrons. The van der Waals surface area contributed by atoms with Crippen LogP contribution in [0.1, 0.15) is 59.8 Å². The second kappa shape index (κ2) is 8.81. The van der Waals surface area contributed by atoms with Crippen LogP contribution < -0.4 is 0 Å². The fraction of sp³-hybridized carbons (Fsp3) is 0.667. The van der Waals surface area contributed by atoms with E-state index in [0.29, 0.717) is 17.9 Å². The zero-order valence-corrected chi connectivity index (χ0v) is 20.7. The maximum atomic E-state index is 13.3. The van der Waals surface area contributed by atoms with Crippen LogP contribution in [0.25, 0.3) is 0 Å². The first kappa shape index (κ1) is 24.4. The molecule has 0 heterocycles. The zero-order valence-electron chi connectivity index (χ0n) is 20.0. The van der Waals surface area contributed by atoms with Gasteiger partial charge in [0, 0.05) is 28.7 Å². The second-order valence-corrected chi connectivity index (χ2v) is 11.4. The maximum absolute atomic E-state index is 13.3. The minimum absolute atomic E-state index is 0.00129. The summed E-state index contributed by atoms with van der Waals surface area (Å²) in [6, 6.07) is 0. The van der Waals surface area contributed by atoms with Crippen molar-refractivity contribution in [3.05, 3.63) is 34.9 Å². The Morgan fingerprint density at radius 3 is 2.73 bits per heavy atom. The number of aliphatic hydroxyl groups is 1. The monoisotopic (exact) mass is 474 g/mol. The fourth-order valence-corrected chi connectivity index (χ4v) is 7.96. The highest BCUT2D eigenvalue weighted by Gasteiger charge is 2.64. The summed E-state index contributed by atoms with van der Waals surface area (Å²) in [5, 5.41) is 12.0. The summed E-state index contributed by atoms with van der Waals surface area (Å²) in [6.07, 6.45) is 9.78. The van der Waals surface area contributed by atoms with Crippen molar-refractivity contribution in [1.29, 1.82) is 0 Å². The number of unbranched alkanes of at least 4 members (excludes halogenated alkanes) is 1. The molecule has 0 bridgehead atoms. The third-order valence-corrected chi connectivity index (χ3v) is 9.23. The summed E-state index contributed by atoms with van der Waals surface area (Å²) in [6.45, 7) is 8.06. The van der Waals surface area contributed by atoms with Crippen molar-refractivity contribution < 1.29 is 24.2 Å². The minimum atomic E-state index is -0.642. The molecular formula is C27H35ClO5. The van der Waals surface area contributed by atoms with Gasteiger partial charge >= 0.3 is 5.97 Å². The number of carbonyl (C=O) groups is 3. The molecule has 4 aliphatic rings. The fourth-order valence-electron chi connectivity index (χ4n) is 7.55. The van der Waals surface area contributed by atoms with Crippen molar-refractivity contribution in [1.82, 2.24) is 0 Å². The van der Waals surface area contributed by atoms with Gasteiger partial charge in [0.15, 0.2) is 11.6 Å². The number of carbonyl (C=O) groups excluding carboxylic acids is 3. The number of ether oxygens (including phenoxy) is 1. The average Bonchev–Trinajstić information content (AvgIpc) is 3.01. The van der Waals surface area contributed by atoms with Crippen molar-refractivity contribution in [3.63, 3.8) is 0 Å². The highest BCUT2D eigenvalue weighted by atomic mass is 35.5. The van der Waals surface area contributed by atoms with E-state index in [0.717, 1.165) is 24.8 Å². The van der Waals surface area contributed by atoms with E-state index < -0.39 is 16.9 Å². The maximum Gasteiger partial charge on any atom is 0.306 e. The van der Waals surface area contributed by atoms with Gasteiger partial charge in [-0.15, -0.1) is 0 Å². The molecule has 0 saturated heterocycles. The van der Waals surface area contributed by atoms with Crippen molar-refractivity contribution in [2.24, 2.45) is 40.4 Å². The molecule has 0 aliphatic heterocycles. The SMILES string of the molecule is CCCCC(=O)OCC(=O)[C@H]1[C@H](C)C[C@H]2[C@@H]3C=C(Cl)C4=CC(=O)C=C[C@]4(C)[C@H]3[C@@H](O)C[C@@]21C.